The first-order valence-corrected chi connectivity index (χ1v) is 7.52. The molecule has 2 N–H and O–H groups in total. The van der Waals surface area contributed by atoms with Gasteiger partial charge in [-0.2, -0.15) is 0 Å². The minimum Gasteiger partial charge on any atom is -0.480 e. The van der Waals surface area contributed by atoms with Crippen LogP contribution < -0.4 is 10.1 Å². The predicted molar refractivity (Wildman–Crippen MR) is 78.6 cm³/mol. The number of hydrogen-bond acceptors (Lipinski definition) is 3. The molecule has 0 aliphatic rings. The van der Waals surface area contributed by atoms with Gasteiger partial charge in [0.1, 0.15) is 11.8 Å². The van der Waals surface area contributed by atoms with Crippen LogP contribution in [0.25, 0.3) is 0 Å². The van der Waals surface area contributed by atoms with E-state index in [9.17, 15) is 18.0 Å². The molecule has 0 aliphatic carbocycles. The molecule has 22 heavy (non-hydrogen) atoms. The topological polar surface area (TPSA) is 58.6 Å². The number of nitrogens with one attached hydrogen (secondary N) is 1. The fraction of sp³-hybridized carbons (Fsp3) is 0.500. The second-order valence-corrected chi connectivity index (χ2v) is 5.58. The number of benzene rings is 1. The van der Waals surface area contributed by atoms with Gasteiger partial charge in [0, 0.05) is 6.54 Å². The Morgan fingerprint density at radius 3 is 2.64 bits per heavy atom. The van der Waals surface area contributed by atoms with E-state index in [1.807, 2.05) is 6.92 Å². The van der Waals surface area contributed by atoms with E-state index >= 15 is 0 Å². The summed E-state index contributed by atoms with van der Waals surface area (Å²) in [4.78, 5) is 11.1. The van der Waals surface area contributed by atoms with E-state index in [4.69, 9.17) is 5.11 Å². The van der Waals surface area contributed by atoms with Crippen molar-refractivity contribution in [2.75, 3.05) is 0 Å². The molecule has 0 saturated heterocycles. The maximum Gasteiger partial charge on any atom is 0.573 e. The van der Waals surface area contributed by atoms with E-state index in [-0.39, 0.29) is 16.8 Å². The summed E-state index contributed by atoms with van der Waals surface area (Å²) in [5, 5.41) is 12.0. The van der Waals surface area contributed by atoms with Crippen molar-refractivity contribution >= 4 is 21.9 Å². The van der Waals surface area contributed by atoms with E-state index in [2.05, 4.69) is 26.0 Å². The van der Waals surface area contributed by atoms with Crippen molar-refractivity contribution in [1.29, 1.82) is 0 Å². The number of ether oxygens (including phenoxy) is 1. The zero-order valence-corrected chi connectivity index (χ0v) is 13.5. The summed E-state index contributed by atoms with van der Waals surface area (Å²) in [5.41, 5.74) is 0.657. The lowest BCUT2D eigenvalue weighted by molar-refractivity contribution is -0.274. The highest BCUT2D eigenvalue weighted by Crippen LogP contribution is 2.31. The van der Waals surface area contributed by atoms with E-state index in [1.54, 1.807) is 0 Å². The summed E-state index contributed by atoms with van der Waals surface area (Å²) < 4.78 is 40.5. The monoisotopic (exact) mass is 383 g/mol. The molecule has 0 bridgehead atoms. The van der Waals surface area contributed by atoms with Crippen molar-refractivity contribution in [3.63, 3.8) is 0 Å². The largest absolute Gasteiger partial charge is 0.573 e. The number of halogens is 4. The molecule has 0 amide bonds. The Kier molecular flexibility index (Phi) is 7.15. The second-order valence-electron chi connectivity index (χ2n) is 4.73. The number of carboxylic acids is 1. The summed E-state index contributed by atoms with van der Waals surface area (Å²) in [6.45, 7) is 2.21. The van der Waals surface area contributed by atoms with Gasteiger partial charge in [0.25, 0.3) is 0 Å². The molecule has 124 valence electrons. The van der Waals surface area contributed by atoms with Gasteiger partial charge in [-0.05, 0) is 40.0 Å². The van der Waals surface area contributed by atoms with Crippen molar-refractivity contribution in [1.82, 2.24) is 5.32 Å². The summed E-state index contributed by atoms with van der Waals surface area (Å²) >= 11 is 3.01. The third-order valence-electron chi connectivity index (χ3n) is 2.92. The second kappa shape index (κ2) is 8.38. The van der Waals surface area contributed by atoms with Crippen molar-refractivity contribution in [3.8, 4) is 5.75 Å². The Labute approximate surface area is 134 Å². The van der Waals surface area contributed by atoms with E-state index in [0.717, 1.165) is 12.8 Å². The summed E-state index contributed by atoms with van der Waals surface area (Å²) in [6, 6.07) is 3.44. The van der Waals surface area contributed by atoms with Crippen molar-refractivity contribution in [2.45, 2.75) is 45.1 Å². The zero-order chi connectivity index (χ0) is 16.8. The van der Waals surface area contributed by atoms with Gasteiger partial charge in [-0.1, -0.05) is 25.8 Å². The minimum absolute atomic E-state index is 0.157. The lowest BCUT2D eigenvalue weighted by Crippen LogP contribution is -2.36. The first-order chi connectivity index (χ1) is 10.2. The standard InChI is InChI=1S/C14H17BrF3NO3/c1-2-3-4-11(13(20)21)19-8-9-5-6-12(10(15)7-9)22-14(16,17)18/h5-7,11,19H,2-4,8H2,1H3,(H,20,21). The van der Waals surface area contributed by atoms with Crippen LogP contribution in [0.3, 0.4) is 0 Å². The number of alkyl halides is 3. The Morgan fingerprint density at radius 1 is 1.45 bits per heavy atom. The molecule has 1 rings (SSSR count). The molecular formula is C14H17BrF3NO3. The predicted octanol–water partition coefficient (Wildman–Crippen LogP) is 4.08. The van der Waals surface area contributed by atoms with Gasteiger partial charge in [-0.3, -0.25) is 4.79 Å². The number of hydrogen-bond donors (Lipinski definition) is 2. The molecule has 0 aromatic heterocycles. The van der Waals surface area contributed by atoms with Crippen LogP contribution in [0, 0.1) is 0 Å². The van der Waals surface area contributed by atoms with E-state index in [1.165, 1.54) is 18.2 Å². The van der Waals surface area contributed by atoms with Crippen LogP contribution in [0.2, 0.25) is 0 Å². The van der Waals surface area contributed by atoms with E-state index < -0.39 is 18.4 Å². The van der Waals surface area contributed by atoms with Crippen LogP contribution in [-0.4, -0.2) is 23.5 Å². The SMILES string of the molecule is CCCCC(NCc1ccc(OC(F)(F)F)c(Br)c1)C(=O)O. The normalized spacial score (nSPS) is 13.0. The quantitative estimate of drug-likeness (QED) is 0.709. The van der Waals surface area contributed by atoms with Crippen LogP contribution in [0.5, 0.6) is 5.75 Å². The Hall–Kier alpha value is -1.28. The Bertz CT molecular complexity index is 509. The third kappa shape index (κ3) is 6.65. The number of carboxylic acid groups (broad SMARTS) is 1. The number of unbranched alkanes of at least 4 members (excludes halogenated alkanes) is 1. The van der Waals surface area contributed by atoms with Gasteiger partial charge in [-0.15, -0.1) is 13.2 Å². The minimum atomic E-state index is -4.75. The fourth-order valence-corrected chi connectivity index (χ4v) is 2.33. The van der Waals surface area contributed by atoms with Gasteiger partial charge in [0.15, 0.2) is 0 Å². The van der Waals surface area contributed by atoms with Gasteiger partial charge in [0.05, 0.1) is 4.47 Å². The van der Waals surface area contributed by atoms with E-state index in [0.29, 0.717) is 12.0 Å². The highest BCUT2D eigenvalue weighted by atomic mass is 79.9. The average Bonchev–Trinajstić information content (AvgIpc) is 2.40. The molecule has 0 spiro atoms. The lowest BCUT2D eigenvalue weighted by Gasteiger charge is -2.15. The molecule has 4 nitrogen and oxygen atoms in total. The first-order valence-electron chi connectivity index (χ1n) is 6.73. The molecule has 1 aromatic carbocycles. The number of rotatable bonds is 8. The maximum absolute atomic E-state index is 12.2. The third-order valence-corrected chi connectivity index (χ3v) is 3.54. The fourth-order valence-electron chi connectivity index (χ4n) is 1.82. The van der Waals surface area contributed by atoms with Crippen molar-refractivity contribution in [2.24, 2.45) is 0 Å². The zero-order valence-electron chi connectivity index (χ0n) is 11.9. The molecule has 0 heterocycles. The summed E-state index contributed by atoms with van der Waals surface area (Å²) in [5.74, 6) is -1.28. The number of aliphatic carboxylic acids is 1. The maximum atomic E-state index is 12.2. The first kappa shape index (κ1) is 18.8. The van der Waals surface area contributed by atoms with Crippen LogP contribution in [-0.2, 0) is 11.3 Å². The van der Waals surface area contributed by atoms with Gasteiger partial charge >= 0.3 is 12.3 Å². The Morgan fingerprint density at radius 2 is 2.14 bits per heavy atom. The molecule has 1 atom stereocenters. The van der Waals surface area contributed by atoms with Gasteiger partial charge in [-0.25, -0.2) is 0 Å². The highest BCUT2D eigenvalue weighted by Gasteiger charge is 2.31. The average molecular weight is 384 g/mol. The van der Waals surface area contributed by atoms with Crippen LogP contribution in [0.15, 0.2) is 22.7 Å². The molecule has 0 saturated carbocycles. The summed E-state index contributed by atoms with van der Waals surface area (Å²) in [6.07, 6.45) is -2.58. The number of carbonyl (C=O) groups is 1. The molecule has 1 aromatic rings. The molecular weight excluding hydrogens is 367 g/mol. The van der Waals surface area contributed by atoms with Gasteiger partial charge < -0.3 is 15.2 Å². The van der Waals surface area contributed by atoms with Crippen molar-refractivity contribution in [3.05, 3.63) is 28.2 Å². The smallest absolute Gasteiger partial charge is 0.480 e. The van der Waals surface area contributed by atoms with Gasteiger partial charge in [0.2, 0.25) is 0 Å². The molecule has 8 heteroatoms. The molecule has 1 unspecified atom stereocenters. The van der Waals surface area contributed by atoms with Crippen LogP contribution in [0.4, 0.5) is 13.2 Å². The lowest BCUT2D eigenvalue weighted by atomic mass is 10.1. The van der Waals surface area contributed by atoms with Crippen molar-refractivity contribution < 1.29 is 27.8 Å². The van der Waals surface area contributed by atoms with Crippen LogP contribution >= 0.6 is 15.9 Å². The highest BCUT2D eigenvalue weighted by molar-refractivity contribution is 9.10. The van der Waals surface area contributed by atoms with Crippen LogP contribution in [0.1, 0.15) is 31.7 Å². The molecule has 0 fully saturated rings. The Balaban J connectivity index is 2.66. The summed E-state index contributed by atoms with van der Waals surface area (Å²) in [7, 11) is 0. The molecule has 0 radical (unpaired) electrons. The molecule has 0 aliphatic heterocycles.